The predicted molar refractivity (Wildman–Crippen MR) is 83.7 cm³/mol. The summed E-state index contributed by atoms with van der Waals surface area (Å²) in [7, 11) is 0. The Hall–Kier alpha value is -2.62. The van der Waals surface area contributed by atoms with Gasteiger partial charge in [-0.3, -0.25) is 0 Å². The van der Waals surface area contributed by atoms with Gasteiger partial charge in [0.1, 0.15) is 0 Å². The van der Waals surface area contributed by atoms with Crippen molar-refractivity contribution in [2.75, 3.05) is 5.73 Å². The molecule has 21 heavy (non-hydrogen) atoms. The number of hydrogen-bond acceptors (Lipinski definition) is 3. The van der Waals surface area contributed by atoms with E-state index in [0.29, 0.717) is 0 Å². The third kappa shape index (κ3) is 1.91. The SMILES string of the molecule is Cc1ccc2c(c1)-c1nnc(-c3ccc(N)cc3)n1CC2. The molecule has 3 aromatic rings. The highest BCUT2D eigenvalue weighted by atomic mass is 15.3. The Morgan fingerprint density at radius 1 is 1.00 bits per heavy atom. The molecule has 4 heteroatoms. The van der Waals surface area contributed by atoms with Crippen LogP contribution in [0.15, 0.2) is 42.5 Å². The molecule has 104 valence electrons. The lowest BCUT2D eigenvalue weighted by Gasteiger charge is -2.19. The number of nitrogens with zero attached hydrogens (tertiary/aromatic N) is 3. The van der Waals surface area contributed by atoms with Crippen LogP contribution < -0.4 is 5.73 Å². The smallest absolute Gasteiger partial charge is 0.164 e. The second kappa shape index (κ2) is 4.45. The quantitative estimate of drug-likeness (QED) is 0.695. The van der Waals surface area contributed by atoms with Gasteiger partial charge in [0, 0.05) is 23.4 Å². The Morgan fingerprint density at radius 2 is 1.76 bits per heavy atom. The van der Waals surface area contributed by atoms with Crippen molar-refractivity contribution in [3.63, 3.8) is 0 Å². The lowest BCUT2D eigenvalue weighted by Crippen LogP contribution is -2.12. The standard InChI is InChI=1S/C17H16N4/c1-11-2-3-12-8-9-21-16(13-4-6-14(18)7-5-13)19-20-17(21)15(12)10-11/h2-7,10H,8-9,18H2,1H3. The molecule has 4 nitrogen and oxygen atoms in total. The first-order valence-electron chi connectivity index (χ1n) is 7.11. The lowest BCUT2D eigenvalue weighted by molar-refractivity contribution is 0.688. The van der Waals surface area contributed by atoms with E-state index in [1.807, 2.05) is 24.3 Å². The second-order valence-electron chi connectivity index (χ2n) is 5.53. The van der Waals surface area contributed by atoms with Gasteiger partial charge >= 0.3 is 0 Å². The molecular formula is C17H16N4. The summed E-state index contributed by atoms with van der Waals surface area (Å²) in [6.45, 7) is 3.02. The zero-order valence-electron chi connectivity index (χ0n) is 11.9. The first kappa shape index (κ1) is 12.1. The van der Waals surface area contributed by atoms with Crippen molar-refractivity contribution in [2.45, 2.75) is 19.9 Å². The van der Waals surface area contributed by atoms with Crippen LogP contribution in [0.1, 0.15) is 11.1 Å². The van der Waals surface area contributed by atoms with Crippen molar-refractivity contribution in [3.8, 4) is 22.8 Å². The van der Waals surface area contributed by atoms with Gasteiger partial charge in [-0.1, -0.05) is 17.7 Å². The Bertz CT molecular complexity index is 815. The first-order valence-corrected chi connectivity index (χ1v) is 7.11. The van der Waals surface area contributed by atoms with Gasteiger partial charge in [0.15, 0.2) is 11.6 Å². The molecule has 2 heterocycles. The molecule has 1 aliphatic rings. The molecule has 0 amide bonds. The third-order valence-corrected chi connectivity index (χ3v) is 4.03. The Labute approximate surface area is 123 Å². The average molecular weight is 276 g/mol. The van der Waals surface area contributed by atoms with Crippen LogP contribution in [0.4, 0.5) is 5.69 Å². The molecule has 1 aromatic heterocycles. The molecule has 0 spiro atoms. The van der Waals surface area contributed by atoms with Gasteiger partial charge in [0.2, 0.25) is 0 Å². The van der Waals surface area contributed by atoms with Gasteiger partial charge in [-0.05, 0) is 49.2 Å². The summed E-state index contributed by atoms with van der Waals surface area (Å²) in [5, 5.41) is 8.82. The topological polar surface area (TPSA) is 56.7 Å². The highest BCUT2D eigenvalue weighted by molar-refractivity contribution is 5.68. The number of benzene rings is 2. The highest BCUT2D eigenvalue weighted by Gasteiger charge is 2.21. The van der Waals surface area contributed by atoms with E-state index in [4.69, 9.17) is 5.73 Å². The van der Waals surface area contributed by atoms with Crippen molar-refractivity contribution < 1.29 is 0 Å². The normalized spacial score (nSPS) is 12.8. The van der Waals surface area contributed by atoms with Crippen LogP contribution in [0, 0.1) is 6.92 Å². The average Bonchev–Trinajstić information content (AvgIpc) is 2.92. The first-order chi connectivity index (χ1) is 10.2. The van der Waals surface area contributed by atoms with Gasteiger partial charge in [0.25, 0.3) is 0 Å². The molecule has 2 N–H and O–H groups in total. The van der Waals surface area contributed by atoms with E-state index in [2.05, 4.69) is 39.9 Å². The minimum atomic E-state index is 0.762. The predicted octanol–water partition coefficient (Wildman–Crippen LogP) is 3.06. The van der Waals surface area contributed by atoms with Crippen LogP contribution in [0.5, 0.6) is 0 Å². The molecule has 0 saturated carbocycles. The van der Waals surface area contributed by atoms with Gasteiger partial charge < -0.3 is 10.3 Å². The molecule has 0 saturated heterocycles. The van der Waals surface area contributed by atoms with Crippen molar-refractivity contribution in [2.24, 2.45) is 0 Å². The van der Waals surface area contributed by atoms with Crippen LogP contribution in [-0.4, -0.2) is 14.8 Å². The molecule has 4 rings (SSSR count). The summed E-state index contributed by atoms with van der Waals surface area (Å²) in [5.41, 5.74) is 11.4. The molecule has 0 aliphatic carbocycles. The fourth-order valence-electron chi connectivity index (χ4n) is 2.91. The van der Waals surface area contributed by atoms with Crippen molar-refractivity contribution in [1.29, 1.82) is 0 Å². The zero-order valence-corrected chi connectivity index (χ0v) is 11.9. The number of fused-ring (bicyclic) bond motifs is 3. The molecule has 0 fully saturated rings. The van der Waals surface area contributed by atoms with Crippen LogP contribution >= 0.6 is 0 Å². The molecule has 0 radical (unpaired) electrons. The van der Waals surface area contributed by atoms with Crippen LogP contribution in [0.2, 0.25) is 0 Å². The van der Waals surface area contributed by atoms with Gasteiger partial charge in [-0.2, -0.15) is 0 Å². The van der Waals surface area contributed by atoms with E-state index in [9.17, 15) is 0 Å². The number of aromatic nitrogens is 3. The summed E-state index contributed by atoms with van der Waals surface area (Å²) in [6.07, 6.45) is 1.02. The number of nitrogen functional groups attached to an aromatic ring is 1. The molecule has 0 unspecified atom stereocenters. The number of hydrogen-bond donors (Lipinski definition) is 1. The van der Waals surface area contributed by atoms with Crippen LogP contribution in [0.3, 0.4) is 0 Å². The third-order valence-electron chi connectivity index (χ3n) is 4.03. The maximum Gasteiger partial charge on any atom is 0.164 e. The lowest BCUT2D eigenvalue weighted by atomic mass is 9.98. The summed E-state index contributed by atoms with van der Waals surface area (Å²) in [5.74, 6) is 1.88. The van der Waals surface area contributed by atoms with Gasteiger partial charge in [0.05, 0.1) is 0 Å². The van der Waals surface area contributed by atoms with Crippen molar-refractivity contribution in [3.05, 3.63) is 53.6 Å². The molecule has 1 aliphatic heterocycles. The zero-order chi connectivity index (χ0) is 14.4. The molecule has 2 aromatic carbocycles. The number of rotatable bonds is 1. The second-order valence-corrected chi connectivity index (χ2v) is 5.53. The van der Waals surface area contributed by atoms with Crippen molar-refractivity contribution >= 4 is 5.69 Å². The van der Waals surface area contributed by atoms with Crippen LogP contribution in [-0.2, 0) is 13.0 Å². The Morgan fingerprint density at radius 3 is 2.57 bits per heavy atom. The molecule has 0 atom stereocenters. The fourth-order valence-corrected chi connectivity index (χ4v) is 2.91. The van der Waals surface area contributed by atoms with E-state index < -0.39 is 0 Å². The fraction of sp³-hybridized carbons (Fsp3) is 0.176. The highest BCUT2D eigenvalue weighted by Crippen LogP contribution is 2.32. The molecular weight excluding hydrogens is 260 g/mol. The van der Waals surface area contributed by atoms with E-state index >= 15 is 0 Å². The maximum atomic E-state index is 5.75. The summed E-state index contributed by atoms with van der Waals surface area (Å²) in [4.78, 5) is 0. The summed E-state index contributed by atoms with van der Waals surface area (Å²) < 4.78 is 2.20. The minimum Gasteiger partial charge on any atom is -0.399 e. The van der Waals surface area contributed by atoms with E-state index in [0.717, 1.165) is 35.9 Å². The van der Waals surface area contributed by atoms with Gasteiger partial charge in [-0.15, -0.1) is 10.2 Å². The largest absolute Gasteiger partial charge is 0.399 e. The van der Waals surface area contributed by atoms with E-state index in [1.54, 1.807) is 0 Å². The Kier molecular flexibility index (Phi) is 2.57. The molecule has 0 bridgehead atoms. The van der Waals surface area contributed by atoms with E-state index in [-0.39, 0.29) is 0 Å². The van der Waals surface area contributed by atoms with E-state index in [1.165, 1.54) is 16.7 Å². The summed E-state index contributed by atoms with van der Waals surface area (Å²) >= 11 is 0. The minimum absolute atomic E-state index is 0.762. The summed E-state index contributed by atoms with van der Waals surface area (Å²) in [6, 6.07) is 14.4. The number of nitrogens with two attached hydrogens (primary N) is 1. The van der Waals surface area contributed by atoms with Gasteiger partial charge in [-0.25, -0.2) is 0 Å². The van der Waals surface area contributed by atoms with Crippen LogP contribution in [0.25, 0.3) is 22.8 Å². The Balaban J connectivity index is 1.87. The number of anilines is 1. The number of aryl methyl sites for hydroxylation is 2. The maximum absolute atomic E-state index is 5.75. The van der Waals surface area contributed by atoms with Crippen molar-refractivity contribution in [1.82, 2.24) is 14.8 Å². The monoisotopic (exact) mass is 276 g/mol.